The third kappa shape index (κ3) is 12.4. The summed E-state index contributed by atoms with van der Waals surface area (Å²) in [6, 6.07) is 0. The lowest BCUT2D eigenvalue weighted by Crippen LogP contribution is -2.29. The van der Waals surface area contributed by atoms with Crippen molar-refractivity contribution in [1.29, 1.82) is 0 Å². The first-order valence-electron chi connectivity index (χ1n) is 6.51. The van der Waals surface area contributed by atoms with Crippen LogP contribution in [0.3, 0.4) is 0 Å². The van der Waals surface area contributed by atoms with Crippen molar-refractivity contribution in [3.05, 3.63) is 18.7 Å². The summed E-state index contributed by atoms with van der Waals surface area (Å²) in [6.45, 7) is 3.34. The maximum atomic E-state index is 9.90. The van der Waals surface area contributed by atoms with Crippen molar-refractivity contribution in [1.82, 2.24) is 4.98 Å². The topological polar surface area (TPSA) is 94.3 Å². The van der Waals surface area contributed by atoms with E-state index in [-0.39, 0.29) is 12.8 Å². The highest BCUT2D eigenvalue weighted by Gasteiger charge is 1.99. The van der Waals surface area contributed by atoms with Gasteiger partial charge in [0, 0.05) is 12.8 Å². The van der Waals surface area contributed by atoms with Gasteiger partial charge in [-0.15, -0.1) is 0 Å². The zero-order valence-corrected chi connectivity index (χ0v) is 11.3. The van der Waals surface area contributed by atoms with Crippen LogP contribution in [0.15, 0.2) is 18.7 Å². The van der Waals surface area contributed by atoms with Crippen LogP contribution in [0.4, 0.5) is 0 Å². The minimum atomic E-state index is -0.870. The molecule has 0 bridgehead atoms. The van der Waals surface area contributed by atoms with Crippen LogP contribution in [-0.4, -0.2) is 27.1 Å². The molecular weight excluding hydrogens is 248 g/mol. The Morgan fingerprint density at radius 1 is 1.11 bits per heavy atom. The Hall–Kier alpha value is -1.85. The van der Waals surface area contributed by atoms with Crippen LogP contribution in [0, 0.1) is 0 Å². The Balaban J connectivity index is 0.000000342. The van der Waals surface area contributed by atoms with Gasteiger partial charge in [-0.3, -0.25) is 14.6 Å². The average molecular weight is 271 g/mol. The van der Waals surface area contributed by atoms with Crippen molar-refractivity contribution in [3.63, 3.8) is 0 Å². The first-order valence-corrected chi connectivity index (χ1v) is 6.51. The smallest absolute Gasteiger partial charge is 0.303 e. The van der Waals surface area contributed by atoms with Crippen LogP contribution in [-0.2, 0) is 16.1 Å². The fourth-order valence-corrected chi connectivity index (χ4v) is 1.35. The summed E-state index contributed by atoms with van der Waals surface area (Å²) in [5, 5.41) is 16.3. The second-order valence-corrected chi connectivity index (χ2v) is 4.20. The standard InChI is InChI=1S/C7H12N2.C6H10O4/c1-2-3-5-9-6-4-8-7-9;7-5(8)3-1-2-4-6(9)10/h4,6-7H,2-3,5H2,1H3;1-4H2,(H,7,8)(H,9,10)/p+1. The highest BCUT2D eigenvalue weighted by Crippen LogP contribution is 1.98. The predicted molar refractivity (Wildman–Crippen MR) is 69.6 cm³/mol. The number of rotatable bonds is 8. The maximum Gasteiger partial charge on any atom is 0.303 e. The van der Waals surface area contributed by atoms with Gasteiger partial charge in [-0.1, -0.05) is 13.3 Å². The molecule has 0 aliphatic heterocycles. The zero-order chi connectivity index (χ0) is 14.5. The normalized spacial score (nSPS) is 9.53. The number of hydrogen-bond acceptors (Lipinski definition) is 2. The number of aryl methyl sites for hydroxylation is 1. The quantitative estimate of drug-likeness (QED) is 0.496. The first kappa shape index (κ1) is 17.2. The summed E-state index contributed by atoms with van der Waals surface area (Å²) < 4.78 is 2.16. The van der Waals surface area contributed by atoms with E-state index in [9.17, 15) is 9.59 Å². The van der Waals surface area contributed by atoms with Gasteiger partial charge in [0.25, 0.3) is 0 Å². The molecule has 1 aromatic rings. The molecule has 0 aromatic carbocycles. The summed E-state index contributed by atoms with van der Waals surface area (Å²) in [5.74, 6) is -1.74. The number of aromatic nitrogens is 2. The third-order valence-electron chi connectivity index (χ3n) is 2.40. The summed E-state index contributed by atoms with van der Waals surface area (Å²) in [6.07, 6.45) is 9.52. The fourth-order valence-electron chi connectivity index (χ4n) is 1.35. The second kappa shape index (κ2) is 11.3. The van der Waals surface area contributed by atoms with Crippen molar-refractivity contribution in [3.8, 4) is 0 Å². The molecule has 1 heterocycles. The molecule has 0 saturated carbocycles. The van der Waals surface area contributed by atoms with Crippen LogP contribution < -0.4 is 4.57 Å². The minimum Gasteiger partial charge on any atom is -0.481 e. The summed E-state index contributed by atoms with van der Waals surface area (Å²) in [7, 11) is 0. The summed E-state index contributed by atoms with van der Waals surface area (Å²) in [5.41, 5.74) is 0. The van der Waals surface area contributed by atoms with Gasteiger partial charge in [-0.05, 0) is 19.3 Å². The van der Waals surface area contributed by atoms with Gasteiger partial charge >= 0.3 is 11.9 Å². The van der Waals surface area contributed by atoms with Crippen molar-refractivity contribution in [2.75, 3.05) is 0 Å². The molecule has 0 aliphatic carbocycles. The van der Waals surface area contributed by atoms with E-state index < -0.39 is 11.9 Å². The number of aliphatic carboxylic acids is 2. The average Bonchev–Trinajstić information content (AvgIpc) is 2.85. The van der Waals surface area contributed by atoms with Crippen molar-refractivity contribution < 1.29 is 24.4 Å². The molecule has 6 nitrogen and oxygen atoms in total. The van der Waals surface area contributed by atoms with Gasteiger partial charge in [0.1, 0.15) is 12.4 Å². The predicted octanol–water partition coefficient (Wildman–Crippen LogP) is 1.82. The Labute approximate surface area is 113 Å². The lowest BCUT2D eigenvalue weighted by molar-refractivity contribution is -0.696. The molecule has 0 aliphatic rings. The van der Waals surface area contributed by atoms with Crippen molar-refractivity contribution in [2.24, 2.45) is 0 Å². The number of carboxylic acids is 2. The van der Waals surface area contributed by atoms with E-state index in [0.717, 1.165) is 6.54 Å². The van der Waals surface area contributed by atoms with Crippen LogP contribution >= 0.6 is 0 Å². The molecule has 0 atom stereocenters. The van der Waals surface area contributed by atoms with E-state index in [2.05, 4.69) is 22.7 Å². The molecule has 108 valence electrons. The van der Waals surface area contributed by atoms with Gasteiger partial charge in [0.05, 0.1) is 6.54 Å². The van der Waals surface area contributed by atoms with E-state index in [1.165, 1.54) is 12.8 Å². The summed E-state index contributed by atoms with van der Waals surface area (Å²) >= 11 is 0. The van der Waals surface area contributed by atoms with E-state index in [4.69, 9.17) is 10.2 Å². The number of nitrogens with one attached hydrogen (secondary N) is 1. The number of carbonyl (C=O) groups is 2. The highest BCUT2D eigenvalue weighted by atomic mass is 16.4. The van der Waals surface area contributed by atoms with Crippen LogP contribution in [0.25, 0.3) is 0 Å². The molecule has 6 heteroatoms. The van der Waals surface area contributed by atoms with E-state index in [1.54, 1.807) is 0 Å². The third-order valence-corrected chi connectivity index (χ3v) is 2.40. The molecule has 0 fully saturated rings. The molecule has 1 aromatic heterocycles. The maximum absolute atomic E-state index is 9.90. The van der Waals surface area contributed by atoms with E-state index in [1.807, 2.05) is 12.5 Å². The fraction of sp³-hybridized carbons (Fsp3) is 0.615. The highest BCUT2D eigenvalue weighted by molar-refractivity contribution is 5.67. The molecule has 0 saturated heterocycles. The molecule has 3 N–H and O–H groups in total. The van der Waals surface area contributed by atoms with Crippen LogP contribution in [0.2, 0.25) is 0 Å². The first-order chi connectivity index (χ1) is 9.06. The molecule has 0 radical (unpaired) electrons. The van der Waals surface area contributed by atoms with Gasteiger partial charge in [0.2, 0.25) is 6.33 Å². The number of H-pyrrole nitrogens is 1. The number of unbranched alkanes of at least 4 members (excludes halogenated alkanes) is 2. The lowest BCUT2D eigenvalue weighted by atomic mass is 10.2. The van der Waals surface area contributed by atoms with Crippen molar-refractivity contribution >= 4 is 11.9 Å². The van der Waals surface area contributed by atoms with Gasteiger partial charge < -0.3 is 10.2 Å². The Morgan fingerprint density at radius 2 is 1.68 bits per heavy atom. The molecular formula is C13H23N2O4+. The SMILES string of the molecule is CCCC[n+]1cc[nH]c1.O=C(O)CCCCC(=O)O. The Bertz CT molecular complexity index is 334. The van der Waals surface area contributed by atoms with Crippen LogP contribution in [0.1, 0.15) is 45.4 Å². The van der Waals surface area contributed by atoms with Gasteiger partial charge in [0.15, 0.2) is 0 Å². The number of aromatic amines is 1. The van der Waals surface area contributed by atoms with Gasteiger partial charge in [-0.2, -0.15) is 0 Å². The molecule has 0 amide bonds. The second-order valence-electron chi connectivity index (χ2n) is 4.20. The molecule has 1 rings (SSSR count). The van der Waals surface area contributed by atoms with Crippen LogP contribution in [0.5, 0.6) is 0 Å². The molecule has 0 spiro atoms. The largest absolute Gasteiger partial charge is 0.481 e. The van der Waals surface area contributed by atoms with E-state index >= 15 is 0 Å². The molecule has 0 unspecified atom stereocenters. The Kier molecular flexibility index (Phi) is 10.2. The molecule has 19 heavy (non-hydrogen) atoms. The summed E-state index contributed by atoms with van der Waals surface area (Å²) in [4.78, 5) is 22.8. The van der Waals surface area contributed by atoms with Crippen molar-refractivity contribution in [2.45, 2.75) is 52.0 Å². The number of carboxylic acid groups (broad SMARTS) is 2. The lowest BCUT2D eigenvalue weighted by Gasteiger charge is -1.92. The number of hydrogen-bond donors (Lipinski definition) is 3. The van der Waals surface area contributed by atoms with E-state index in [0.29, 0.717) is 12.8 Å². The number of nitrogens with zero attached hydrogens (tertiary/aromatic N) is 1. The van der Waals surface area contributed by atoms with Gasteiger partial charge in [-0.25, -0.2) is 4.57 Å². The zero-order valence-electron chi connectivity index (χ0n) is 11.3. The number of imidazole rings is 1. The minimum absolute atomic E-state index is 0.0628. The monoisotopic (exact) mass is 271 g/mol. The Morgan fingerprint density at radius 3 is 2.05 bits per heavy atom.